The summed E-state index contributed by atoms with van der Waals surface area (Å²) in [4.78, 5) is 26.8. The van der Waals surface area contributed by atoms with Crippen LogP contribution in [0.15, 0.2) is 59.9 Å². The predicted molar refractivity (Wildman–Crippen MR) is 120 cm³/mol. The largest absolute Gasteiger partial charge is 0.508 e. The molecule has 158 valence electrons. The number of anilines is 1. The zero-order chi connectivity index (χ0) is 21.9. The number of imide groups is 1. The average molecular weight is 415 g/mol. The molecule has 0 unspecified atom stereocenters. The van der Waals surface area contributed by atoms with E-state index >= 15 is 0 Å². The van der Waals surface area contributed by atoms with Crippen molar-refractivity contribution in [2.24, 2.45) is 5.92 Å². The molecule has 3 aromatic rings. The Kier molecular flexibility index (Phi) is 4.39. The summed E-state index contributed by atoms with van der Waals surface area (Å²) in [6.45, 7) is 6.85. The minimum Gasteiger partial charge on any atom is -0.508 e. The van der Waals surface area contributed by atoms with Crippen molar-refractivity contribution in [2.45, 2.75) is 33.2 Å². The second-order valence-corrected chi connectivity index (χ2v) is 8.79. The maximum Gasteiger partial charge on any atom is 0.259 e. The molecule has 2 amide bonds. The van der Waals surface area contributed by atoms with Gasteiger partial charge in [0.2, 0.25) is 5.91 Å². The van der Waals surface area contributed by atoms with Gasteiger partial charge in [0.05, 0.1) is 17.6 Å². The molecule has 2 N–H and O–H groups in total. The van der Waals surface area contributed by atoms with E-state index in [0.29, 0.717) is 11.5 Å². The number of carbonyl (C=O) groups excluding carboxylic acids is 2. The van der Waals surface area contributed by atoms with Crippen LogP contribution in [0.2, 0.25) is 0 Å². The van der Waals surface area contributed by atoms with Gasteiger partial charge in [0.15, 0.2) is 0 Å². The molecule has 5 rings (SSSR count). The summed E-state index contributed by atoms with van der Waals surface area (Å²) >= 11 is 0. The van der Waals surface area contributed by atoms with E-state index < -0.39 is 0 Å². The molecule has 0 saturated heterocycles. The lowest BCUT2D eigenvalue weighted by Crippen LogP contribution is -2.33. The van der Waals surface area contributed by atoms with Crippen molar-refractivity contribution < 1.29 is 14.7 Å². The summed E-state index contributed by atoms with van der Waals surface area (Å²) in [5, 5.41) is 14.7. The summed E-state index contributed by atoms with van der Waals surface area (Å²) in [6.07, 6.45) is 2.13. The van der Waals surface area contributed by atoms with Gasteiger partial charge in [-0.25, -0.2) is 0 Å². The van der Waals surface area contributed by atoms with Crippen LogP contribution in [0.3, 0.4) is 0 Å². The number of hydrogen-bond acceptors (Lipinski definition) is 4. The molecule has 2 aliphatic rings. The van der Waals surface area contributed by atoms with Crippen molar-refractivity contribution in [3.05, 3.63) is 71.1 Å². The molecule has 1 aromatic heterocycles. The van der Waals surface area contributed by atoms with Crippen molar-refractivity contribution in [1.29, 1.82) is 0 Å². The summed E-state index contributed by atoms with van der Waals surface area (Å²) in [5.74, 6) is -0.326. The van der Waals surface area contributed by atoms with Gasteiger partial charge in [0, 0.05) is 42.4 Å². The summed E-state index contributed by atoms with van der Waals surface area (Å²) in [7, 11) is 0. The molecule has 3 heterocycles. The second kappa shape index (κ2) is 7.01. The van der Waals surface area contributed by atoms with Crippen LogP contribution >= 0.6 is 0 Å². The third kappa shape index (κ3) is 3.02. The highest BCUT2D eigenvalue weighted by Crippen LogP contribution is 2.46. The lowest BCUT2D eigenvalue weighted by Gasteiger charge is -2.19. The second-order valence-electron chi connectivity index (χ2n) is 8.79. The number of aromatic hydroxyl groups is 1. The van der Waals surface area contributed by atoms with Gasteiger partial charge in [-0.15, -0.1) is 0 Å². The highest BCUT2D eigenvalue weighted by molar-refractivity contribution is 6.11. The van der Waals surface area contributed by atoms with Crippen molar-refractivity contribution in [2.75, 3.05) is 11.9 Å². The van der Waals surface area contributed by atoms with E-state index in [2.05, 4.69) is 36.0 Å². The van der Waals surface area contributed by atoms with Gasteiger partial charge in [-0.1, -0.05) is 32.0 Å². The first-order valence-electron chi connectivity index (χ1n) is 10.6. The molecule has 6 nitrogen and oxygen atoms in total. The topological polar surface area (TPSA) is 74.6 Å². The molecule has 6 heteroatoms. The third-order valence-corrected chi connectivity index (χ3v) is 6.08. The smallest absolute Gasteiger partial charge is 0.259 e. The molecular weight excluding hydrogens is 390 g/mol. The number of amides is 2. The molecule has 0 saturated carbocycles. The van der Waals surface area contributed by atoms with E-state index in [4.69, 9.17) is 0 Å². The summed E-state index contributed by atoms with van der Waals surface area (Å²) < 4.78 is 2.24. The van der Waals surface area contributed by atoms with Crippen LogP contribution < -0.4 is 5.32 Å². The molecule has 2 aromatic carbocycles. The Morgan fingerprint density at radius 2 is 2.00 bits per heavy atom. The van der Waals surface area contributed by atoms with Crippen LogP contribution in [-0.4, -0.2) is 32.9 Å². The molecule has 0 fully saturated rings. The Morgan fingerprint density at radius 3 is 2.71 bits per heavy atom. The fraction of sp³-hybridized carbons (Fsp3) is 0.280. The first kappa shape index (κ1) is 19.4. The van der Waals surface area contributed by atoms with Crippen LogP contribution in [-0.2, 0) is 16.1 Å². The van der Waals surface area contributed by atoms with Crippen LogP contribution in [0.1, 0.15) is 37.8 Å². The number of phenols is 1. The normalized spacial score (nSPS) is 17.9. The maximum atomic E-state index is 13.4. The van der Waals surface area contributed by atoms with Crippen molar-refractivity contribution in [1.82, 2.24) is 9.47 Å². The minimum atomic E-state index is -0.383. The van der Waals surface area contributed by atoms with Gasteiger partial charge in [-0.2, -0.15) is 0 Å². The lowest BCUT2D eigenvalue weighted by molar-refractivity contribution is -0.139. The Morgan fingerprint density at radius 1 is 1.23 bits per heavy atom. The first-order valence-corrected chi connectivity index (χ1v) is 10.6. The van der Waals surface area contributed by atoms with Gasteiger partial charge in [-0.3, -0.25) is 14.5 Å². The number of benzene rings is 2. The van der Waals surface area contributed by atoms with Crippen molar-refractivity contribution in [3.8, 4) is 5.75 Å². The van der Waals surface area contributed by atoms with E-state index in [0.717, 1.165) is 40.0 Å². The Labute approximate surface area is 180 Å². The van der Waals surface area contributed by atoms with E-state index in [-0.39, 0.29) is 30.0 Å². The van der Waals surface area contributed by atoms with Gasteiger partial charge < -0.3 is 15.0 Å². The molecule has 0 radical (unpaired) electrons. The quantitative estimate of drug-likeness (QED) is 0.672. The third-order valence-electron chi connectivity index (χ3n) is 6.08. The number of phenolic OH excluding ortho intramolecular Hbond substituents is 1. The van der Waals surface area contributed by atoms with Gasteiger partial charge in [-0.05, 0) is 41.3 Å². The fourth-order valence-electron chi connectivity index (χ4n) is 4.87. The Bertz CT molecular complexity index is 1270. The number of carbonyl (C=O) groups is 2. The van der Waals surface area contributed by atoms with Crippen LogP contribution in [0, 0.1) is 5.92 Å². The van der Waals surface area contributed by atoms with E-state index in [1.807, 2.05) is 18.2 Å². The first-order chi connectivity index (χ1) is 14.8. The fourth-order valence-corrected chi connectivity index (χ4v) is 4.87. The number of aromatic nitrogens is 1. The van der Waals surface area contributed by atoms with Crippen molar-refractivity contribution >= 4 is 28.4 Å². The molecule has 2 aliphatic heterocycles. The minimum absolute atomic E-state index is 0.150. The predicted octanol–water partition coefficient (Wildman–Crippen LogP) is 4.20. The summed E-state index contributed by atoms with van der Waals surface area (Å²) in [5.41, 5.74) is 5.19. The van der Waals surface area contributed by atoms with Crippen molar-refractivity contribution in [3.63, 3.8) is 0 Å². The number of hydrogen-bond donors (Lipinski definition) is 2. The Hall–Kier alpha value is -3.54. The molecule has 0 bridgehead atoms. The molecular formula is C25H25N3O3. The maximum absolute atomic E-state index is 13.4. The zero-order valence-corrected chi connectivity index (χ0v) is 17.8. The number of nitrogens with zero attached hydrogens (tertiary/aromatic N) is 2. The van der Waals surface area contributed by atoms with Crippen LogP contribution in [0.4, 0.5) is 5.69 Å². The summed E-state index contributed by atoms with van der Waals surface area (Å²) in [6, 6.07) is 13.2. The SMILES string of the molecule is CC(=O)N1CC2=C(C1=O)[C@H](c1cccc(O)c1)c1cn(CC(C)C)c3cccc(c13)N2. The monoisotopic (exact) mass is 415 g/mol. The molecule has 1 atom stereocenters. The average Bonchev–Trinajstić information content (AvgIpc) is 3.17. The molecule has 0 spiro atoms. The Balaban J connectivity index is 1.80. The highest BCUT2D eigenvalue weighted by atomic mass is 16.3. The van der Waals surface area contributed by atoms with Gasteiger partial charge in [0.25, 0.3) is 5.91 Å². The van der Waals surface area contributed by atoms with Gasteiger partial charge >= 0.3 is 0 Å². The zero-order valence-electron chi connectivity index (χ0n) is 17.8. The lowest BCUT2D eigenvalue weighted by atomic mass is 9.84. The van der Waals surface area contributed by atoms with Crippen LogP contribution in [0.25, 0.3) is 10.9 Å². The van der Waals surface area contributed by atoms with Crippen LogP contribution in [0.5, 0.6) is 5.75 Å². The highest BCUT2D eigenvalue weighted by Gasteiger charge is 2.41. The van der Waals surface area contributed by atoms with E-state index in [1.54, 1.807) is 18.2 Å². The molecule has 0 aliphatic carbocycles. The molecule has 31 heavy (non-hydrogen) atoms. The van der Waals surface area contributed by atoms with Gasteiger partial charge in [0.1, 0.15) is 5.75 Å². The number of nitrogens with one attached hydrogen (secondary N) is 1. The van der Waals surface area contributed by atoms with E-state index in [9.17, 15) is 14.7 Å². The number of rotatable bonds is 3. The van der Waals surface area contributed by atoms with E-state index in [1.165, 1.54) is 11.8 Å². The standard InChI is InChI=1S/C25H25N3O3/c1-14(2)11-27-12-18-22(16-6-4-7-17(30)10-16)24-20(13-28(15(3)29)25(24)31)26-19-8-5-9-21(27)23(18)19/h4-10,12,14,22,26,30H,11,13H2,1-3H3/t22-/m1/s1.